The van der Waals surface area contributed by atoms with Crippen molar-refractivity contribution < 1.29 is 19.0 Å². The number of halogens is 2. The zero-order valence-electron chi connectivity index (χ0n) is 17.5. The Balaban J connectivity index is 1.57. The number of amides is 1. The van der Waals surface area contributed by atoms with Gasteiger partial charge in [-0.05, 0) is 75.6 Å². The lowest BCUT2D eigenvalue weighted by molar-refractivity contribution is -0.123. The summed E-state index contributed by atoms with van der Waals surface area (Å²) in [5.74, 6) is 1.15. The van der Waals surface area contributed by atoms with Gasteiger partial charge in [-0.1, -0.05) is 23.7 Å². The molecule has 0 unspecified atom stereocenters. The molecule has 0 radical (unpaired) electrons. The van der Waals surface area contributed by atoms with Crippen molar-refractivity contribution in [3.05, 3.63) is 86.8 Å². The van der Waals surface area contributed by atoms with Crippen LogP contribution in [0.1, 0.15) is 16.7 Å². The Morgan fingerprint density at radius 3 is 2.55 bits per heavy atom. The summed E-state index contributed by atoms with van der Waals surface area (Å²) in [7, 11) is 1.53. The first-order valence-corrected chi connectivity index (χ1v) is 10.8. The van der Waals surface area contributed by atoms with Gasteiger partial charge in [-0.25, -0.2) is 5.43 Å². The van der Waals surface area contributed by atoms with E-state index in [-0.39, 0.29) is 6.61 Å². The first-order chi connectivity index (χ1) is 16.0. The van der Waals surface area contributed by atoms with E-state index in [0.717, 1.165) is 5.56 Å². The van der Waals surface area contributed by atoms with Crippen LogP contribution in [0.25, 0.3) is 0 Å². The van der Waals surface area contributed by atoms with Crippen LogP contribution in [0.15, 0.2) is 70.2 Å². The molecule has 3 rings (SSSR count). The Morgan fingerprint density at radius 1 is 1.15 bits per heavy atom. The van der Waals surface area contributed by atoms with Crippen molar-refractivity contribution in [3.63, 3.8) is 0 Å². The second-order valence-electron chi connectivity index (χ2n) is 6.67. The molecule has 0 saturated heterocycles. The zero-order chi connectivity index (χ0) is 23.6. The molecular formula is C24H19BrClN3O4. The van der Waals surface area contributed by atoms with Gasteiger partial charge in [0.05, 0.1) is 29.4 Å². The van der Waals surface area contributed by atoms with E-state index in [1.165, 1.54) is 13.3 Å². The highest BCUT2D eigenvalue weighted by Gasteiger charge is 2.12. The molecule has 1 amide bonds. The number of nitrogens with zero attached hydrogens (tertiary/aromatic N) is 2. The molecule has 3 aromatic carbocycles. The van der Waals surface area contributed by atoms with E-state index in [1.54, 1.807) is 48.5 Å². The highest BCUT2D eigenvalue weighted by molar-refractivity contribution is 9.10. The monoisotopic (exact) mass is 527 g/mol. The normalized spacial score (nSPS) is 10.5. The maximum Gasteiger partial charge on any atom is 0.277 e. The Kier molecular flexibility index (Phi) is 8.70. The summed E-state index contributed by atoms with van der Waals surface area (Å²) in [6.45, 7) is 0.117. The highest BCUT2D eigenvalue weighted by atomic mass is 79.9. The molecule has 0 fully saturated rings. The van der Waals surface area contributed by atoms with Crippen molar-refractivity contribution in [2.75, 3.05) is 13.7 Å². The van der Waals surface area contributed by atoms with E-state index in [1.807, 2.05) is 12.1 Å². The lowest BCUT2D eigenvalue weighted by atomic mass is 10.1. The van der Waals surface area contributed by atoms with Gasteiger partial charge in [0.1, 0.15) is 12.4 Å². The van der Waals surface area contributed by atoms with Gasteiger partial charge in [0.15, 0.2) is 18.1 Å². The van der Waals surface area contributed by atoms with Crippen molar-refractivity contribution in [2.24, 2.45) is 5.10 Å². The molecule has 0 aliphatic heterocycles. The van der Waals surface area contributed by atoms with E-state index < -0.39 is 5.91 Å². The van der Waals surface area contributed by atoms with Crippen LogP contribution in [-0.4, -0.2) is 25.8 Å². The lowest BCUT2D eigenvalue weighted by Gasteiger charge is -2.13. The predicted molar refractivity (Wildman–Crippen MR) is 129 cm³/mol. The number of nitrogens with one attached hydrogen (secondary N) is 1. The van der Waals surface area contributed by atoms with Crippen LogP contribution in [0.3, 0.4) is 0 Å². The van der Waals surface area contributed by atoms with Crippen LogP contribution in [-0.2, 0) is 11.4 Å². The largest absolute Gasteiger partial charge is 0.493 e. The molecule has 0 aromatic heterocycles. The minimum absolute atomic E-state index is 0.186. The minimum Gasteiger partial charge on any atom is -0.493 e. The Bertz CT molecular complexity index is 1180. The maximum absolute atomic E-state index is 11.9. The van der Waals surface area contributed by atoms with E-state index in [2.05, 4.69) is 32.5 Å². The number of carbonyl (C=O) groups excluding carboxylic acids is 1. The number of rotatable bonds is 9. The Morgan fingerprint density at radius 2 is 1.88 bits per heavy atom. The standard InChI is InChI=1S/C24H19BrClN3O4/c1-31-22-11-18(13-28-29-23(30)15-32-20-8-6-19(26)7-9-20)10-21(25)24(22)33-14-17-4-2-16(12-27)3-5-17/h2-11,13H,14-15H2,1H3,(H,29,30)/b28-13+. The molecule has 0 spiro atoms. The average molecular weight is 529 g/mol. The van der Waals surface area contributed by atoms with Crippen LogP contribution in [0.4, 0.5) is 0 Å². The molecule has 0 aliphatic rings. The van der Waals surface area contributed by atoms with Gasteiger partial charge in [-0.15, -0.1) is 0 Å². The number of methoxy groups -OCH3 is 1. The number of hydrogen-bond acceptors (Lipinski definition) is 6. The SMILES string of the molecule is COc1cc(/C=N/NC(=O)COc2ccc(Cl)cc2)cc(Br)c1OCc1ccc(C#N)cc1. The number of nitriles is 1. The first kappa shape index (κ1) is 24.1. The number of ether oxygens (including phenoxy) is 3. The summed E-state index contributed by atoms with van der Waals surface area (Å²) in [5, 5.41) is 13.4. The number of hydrazone groups is 1. The molecule has 0 aliphatic carbocycles. The van der Waals surface area contributed by atoms with Crippen molar-refractivity contribution >= 4 is 39.7 Å². The molecule has 0 heterocycles. The van der Waals surface area contributed by atoms with Crippen LogP contribution in [0.2, 0.25) is 5.02 Å². The van der Waals surface area contributed by atoms with Crippen LogP contribution >= 0.6 is 27.5 Å². The molecule has 0 saturated carbocycles. The van der Waals surface area contributed by atoms with Crippen molar-refractivity contribution in [1.29, 1.82) is 5.26 Å². The lowest BCUT2D eigenvalue weighted by Crippen LogP contribution is -2.24. The second-order valence-corrected chi connectivity index (χ2v) is 7.96. The topological polar surface area (TPSA) is 92.9 Å². The summed E-state index contributed by atoms with van der Waals surface area (Å²) >= 11 is 9.30. The fraction of sp³-hybridized carbons (Fsp3) is 0.125. The molecular weight excluding hydrogens is 510 g/mol. The van der Waals surface area contributed by atoms with Crippen molar-refractivity contribution in [2.45, 2.75) is 6.61 Å². The summed E-state index contributed by atoms with van der Waals surface area (Å²) < 4.78 is 17.4. The van der Waals surface area contributed by atoms with Gasteiger partial charge < -0.3 is 14.2 Å². The second kappa shape index (κ2) is 11.9. The van der Waals surface area contributed by atoms with Gasteiger partial charge in [-0.3, -0.25) is 4.79 Å². The van der Waals surface area contributed by atoms with Crippen LogP contribution < -0.4 is 19.6 Å². The van der Waals surface area contributed by atoms with Gasteiger partial charge in [0.2, 0.25) is 0 Å². The molecule has 7 nitrogen and oxygen atoms in total. The third kappa shape index (κ3) is 7.24. The molecule has 9 heteroatoms. The number of benzene rings is 3. The van der Waals surface area contributed by atoms with Crippen LogP contribution in [0, 0.1) is 11.3 Å². The quantitative estimate of drug-likeness (QED) is 0.308. The summed E-state index contributed by atoms with van der Waals surface area (Å²) in [6.07, 6.45) is 1.48. The summed E-state index contributed by atoms with van der Waals surface area (Å²) in [4.78, 5) is 11.9. The third-order valence-electron chi connectivity index (χ3n) is 4.30. The number of hydrogen-bond donors (Lipinski definition) is 1. The maximum atomic E-state index is 11.9. The molecule has 1 N–H and O–H groups in total. The van der Waals surface area contributed by atoms with Crippen molar-refractivity contribution in [1.82, 2.24) is 5.43 Å². The molecule has 0 bridgehead atoms. The molecule has 0 atom stereocenters. The minimum atomic E-state index is -0.408. The average Bonchev–Trinajstić information content (AvgIpc) is 2.83. The van der Waals surface area contributed by atoms with Gasteiger partial charge >= 0.3 is 0 Å². The fourth-order valence-corrected chi connectivity index (χ4v) is 3.38. The fourth-order valence-electron chi connectivity index (χ4n) is 2.68. The predicted octanol–water partition coefficient (Wildman–Crippen LogP) is 5.09. The highest BCUT2D eigenvalue weighted by Crippen LogP contribution is 2.36. The Hall–Kier alpha value is -3.54. The van der Waals surface area contributed by atoms with Gasteiger partial charge in [0, 0.05) is 5.02 Å². The molecule has 168 valence electrons. The molecule has 33 heavy (non-hydrogen) atoms. The smallest absolute Gasteiger partial charge is 0.277 e. The molecule has 3 aromatic rings. The van der Waals surface area contributed by atoms with E-state index in [9.17, 15) is 4.79 Å². The summed E-state index contributed by atoms with van der Waals surface area (Å²) in [5.41, 5.74) is 4.59. The van der Waals surface area contributed by atoms with E-state index in [0.29, 0.717) is 44.5 Å². The van der Waals surface area contributed by atoms with Crippen molar-refractivity contribution in [3.8, 4) is 23.3 Å². The van der Waals surface area contributed by atoms with E-state index >= 15 is 0 Å². The van der Waals surface area contributed by atoms with Gasteiger partial charge in [0.25, 0.3) is 5.91 Å². The van der Waals surface area contributed by atoms with Crippen LogP contribution in [0.5, 0.6) is 17.2 Å². The zero-order valence-corrected chi connectivity index (χ0v) is 19.9. The van der Waals surface area contributed by atoms with Gasteiger partial charge in [-0.2, -0.15) is 10.4 Å². The summed E-state index contributed by atoms with van der Waals surface area (Å²) in [6, 6.07) is 19.4. The van der Waals surface area contributed by atoms with E-state index in [4.69, 9.17) is 31.1 Å². The first-order valence-electron chi connectivity index (χ1n) is 9.68. The Labute approximate surface area is 204 Å². The third-order valence-corrected chi connectivity index (χ3v) is 5.15. The number of carbonyl (C=O) groups is 1.